The van der Waals surface area contributed by atoms with E-state index in [0.29, 0.717) is 0 Å². The van der Waals surface area contributed by atoms with Crippen molar-refractivity contribution in [1.82, 2.24) is 0 Å². The van der Waals surface area contributed by atoms with Gasteiger partial charge in [-0.05, 0) is 35.4 Å². The number of hydrogen-bond donors (Lipinski definition) is 0. The molecule has 0 aliphatic rings. The average Bonchev–Trinajstić information content (AvgIpc) is 2.05. The Morgan fingerprint density at radius 2 is 1.58 bits per heavy atom. The van der Waals surface area contributed by atoms with E-state index in [1.165, 1.54) is 12.1 Å². The molecule has 0 aromatic heterocycles. The Morgan fingerprint density at radius 3 is 2.42 bits per heavy atom. The lowest BCUT2D eigenvalue weighted by molar-refractivity contribution is 0.630. The van der Waals surface area contributed by atoms with E-state index in [1.54, 1.807) is 6.07 Å². The number of rotatable bonds is 0. The summed E-state index contributed by atoms with van der Waals surface area (Å²) in [6, 6.07) is 10.4. The summed E-state index contributed by atoms with van der Waals surface area (Å²) < 4.78 is 12.7. The predicted octanol–water partition coefficient (Wildman–Crippen LogP) is 3.16. The van der Waals surface area contributed by atoms with Crippen LogP contribution in [-0.4, -0.2) is 0 Å². The zero-order valence-electron chi connectivity index (χ0n) is 6.55. The fourth-order valence-electron chi connectivity index (χ4n) is 1.27. The van der Waals surface area contributed by atoms with Crippen molar-refractivity contribution < 1.29 is 4.39 Å². The van der Waals surface area contributed by atoms with Gasteiger partial charge in [0.25, 0.3) is 0 Å². The van der Waals surface area contributed by atoms with Gasteiger partial charge in [-0.2, -0.15) is 0 Å². The van der Waals surface area contributed by atoms with Crippen LogP contribution in [0.2, 0.25) is 0 Å². The largest absolute Gasteiger partial charge is 0.207 e. The Hall–Kier alpha value is -1.37. The second kappa shape index (κ2) is 2.59. The highest BCUT2D eigenvalue weighted by Crippen LogP contribution is 2.16. The van der Waals surface area contributed by atoms with Crippen LogP contribution >= 0.6 is 0 Å². The average molecular weight is 159 g/mol. The lowest BCUT2D eigenvalue weighted by Gasteiger charge is -1.98. The van der Waals surface area contributed by atoms with E-state index >= 15 is 0 Å². The molecule has 2 aromatic carbocycles. The Bertz CT molecular complexity index is 377. The van der Waals surface area contributed by atoms with Crippen molar-refractivity contribution in [3.05, 3.63) is 54.7 Å². The molecule has 0 bridgehead atoms. The van der Waals surface area contributed by atoms with Crippen LogP contribution in [0.4, 0.5) is 4.39 Å². The Kier molecular flexibility index (Phi) is 1.58. The molecule has 0 atom stereocenters. The minimum absolute atomic E-state index is 0.195. The van der Waals surface area contributed by atoms with E-state index in [9.17, 15) is 4.39 Å². The van der Waals surface area contributed by atoms with Gasteiger partial charge in [0.1, 0.15) is 5.82 Å². The van der Waals surface area contributed by atoms with Crippen LogP contribution in [0.5, 0.6) is 0 Å². The zero-order valence-corrected chi connectivity index (χ0v) is 6.55. The summed E-state index contributed by atoms with van der Waals surface area (Å²) in [6.45, 7) is 3.80. The van der Waals surface area contributed by atoms with Gasteiger partial charge in [0.2, 0.25) is 0 Å². The van der Waals surface area contributed by atoms with Crippen molar-refractivity contribution in [1.29, 1.82) is 0 Å². The summed E-state index contributed by atoms with van der Waals surface area (Å²) in [4.78, 5) is 0. The maximum Gasteiger partial charge on any atom is 0.123 e. The van der Waals surface area contributed by atoms with Gasteiger partial charge in [-0.3, -0.25) is 0 Å². The molecule has 12 heavy (non-hydrogen) atoms. The third-order valence-electron chi connectivity index (χ3n) is 1.87. The summed E-state index contributed by atoms with van der Waals surface area (Å²) in [5.41, 5.74) is 0.953. The lowest BCUT2D eigenvalue weighted by Crippen LogP contribution is -1.77. The van der Waals surface area contributed by atoms with Crippen LogP contribution in [0.15, 0.2) is 36.4 Å². The minimum atomic E-state index is -0.195. The molecule has 0 aliphatic heterocycles. The van der Waals surface area contributed by atoms with Crippen LogP contribution in [0.25, 0.3) is 10.8 Å². The molecule has 0 N–H and O–H groups in total. The van der Waals surface area contributed by atoms with Gasteiger partial charge in [0.15, 0.2) is 0 Å². The predicted molar refractivity (Wildman–Crippen MR) is 48.4 cm³/mol. The molecular formula is C11H8F. The zero-order chi connectivity index (χ0) is 8.55. The third-order valence-corrected chi connectivity index (χ3v) is 1.87. The molecule has 2 rings (SSSR count). The number of benzene rings is 2. The van der Waals surface area contributed by atoms with Gasteiger partial charge in [0.05, 0.1) is 0 Å². The molecule has 1 radical (unpaired) electrons. The SMILES string of the molecule is [CH2]c1ccc2cc(F)ccc2c1. The Morgan fingerprint density at radius 1 is 0.917 bits per heavy atom. The van der Waals surface area contributed by atoms with E-state index in [1.807, 2.05) is 18.2 Å². The molecule has 0 saturated carbocycles. The van der Waals surface area contributed by atoms with Crippen LogP contribution in [-0.2, 0) is 0 Å². The quantitative estimate of drug-likeness (QED) is 0.554. The lowest BCUT2D eigenvalue weighted by atomic mass is 10.1. The van der Waals surface area contributed by atoms with Gasteiger partial charge >= 0.3 is 0 Å². The fourth-order valence-corrected chi connectivity index (χ4v) is 1.27. The summed E-state index contributed by atoms with van der Waals surface area (Å²) in [6.07, 6.45) is 0. The van der Waals surface area contributed by atoms with Crippen LogP contribution in [0.3, 0.4) is 0 Å². The van der Waals surface area contributed by atoms with Crippen molar-refractivity contribution >= 4 is 10.8 Å². The van der Waals surface area contributed by atoms with Gasteiger partial charge in [0, 0.05) is 0 Å². The van der Waals surface area contributed by atoms with E-state index in [4.69, 9.17) is 0 Å². The molecule has 0 nitrogen and oxygen atoms in total. The third kappa shape index (κ3) is 1.18. The highest BCUT2D eigenvalue weighted by atomic mass is 19.1. The first-order chi connectivity index (χ1) is 5.75. The van der Waals surface area contributed by atoms with Gasteiger partial charge in [-0.1, -0.05) is 24.3 Å². The topological polar surface area (TPSA) is 0 Å². The molecule has 0 aliphatic carbocycles. The van der Waals surface area contributed by atoms with Crippen molar-refractivity contribution in [2.24, 2.45) is 0 Å². The molecule has 0 fully saturated rings. The number of hydrogen-bond acceptors (Lipinski definition) is 0. The number of fused-ring (bicyclic) bond motifs is 1. The molecule has 0 amide bonds. The minimum Gasteiger partial charge on any atom is -0.207 e. The standard InChI is InChI=1S/C11H8F/c1-8-2-3-10-7-11(12)5-4-9(10)6-8/h2-7H,1H2. The smallest absolute Gasteiger partial charge is 0.123 e. The molecule has 0 saturated heterocycles. The first-order valence-electron chi connectivity index (χ1n) is 3.77. The highest BCUT2D eigenvalue weighted by Gasteiger charge is 1.94. The van der Waals surface area contributed by atoms with Crippen LogP contribution in [0, 0.1) is 12.7 Å². The first kappa shape index (κ1) is 7.29. The molecule has 2 aromatic rings. The van der Waals surface area contributed by atoms with Crippen molar-refractivity contribution in [2.75, 3.05) is 0 Å². The Labute approximate surface area is 70.6 Å². The van der Waals surface area contributed by atoms with Crippen molar-refractivity contribution in [3.8, 4) is 0 Å². The second-order valence-corrected chi connectivity index (χ2v) is 2.83. The van der Waals surface area contributed by atoms with Crippen molar-refractivity contribution in [2.45, 2.75) is 0 Å². The molecular weight excluding hydrogens is 151 g/mol. The maximum atomic E-state index is 12.7. The highest BCUT2D eigenvalue weighted by molar-refractivity contribution is 5.83. The monoisotopic (exact) mass is 159 g/mol. The van der Waals surface area contributed by atoms with E-state index in [-0.39, 0.29) is 5.82 Å². The van der Waals surface area contributed by atoms with Gasteiger partial charge < -0.3 is 0 Å². The fraction of sp³-hybridized carbons (Fsp3) is 0. The van der Waals surface area contributed by atoms with Crippen LogP contribution < -0.4 is 0 Å². The normalized spacial score (nSPS) is 10.5. The summed E-state index contributed by atoms with van der Waals surface area (Å²) in [5, 5.41) is 1.95. The van der Waals surface area contributed by atoms with E-state index < -0.39 is 0 Å². The Balaban J connectivity index is 2.79. The summed E-state index contributed by atoms with van der Waals surface area (Å²) in [5.74, 6) is -0.195. The summed E-state index contributed by atoms with van der Waals surface area (Å²) in [7, 11) is 0. The van der Waals surface area contributed by atoms with E-state index in [0.717, 1.165) is 16.3 Å². The first-order valence-corrected chi connectivity index (χ1v) is 3.77. The molecule has 0 heterocycles. The molecule has 1 heteroatoms. The summed E-state index contributed by atoms with van der Waals surface area (Å²) >= 11 is 0. The molecule has 59 valence electrons. The number of halogens is 1. The van der Waals surface area contributed by atoms with E-state index in [2.05, 4.69) is 6.92 Å². The van der Waals surface area contributed by atoms with Gasteiger partial charge in [-0.25, -0.2) is 4.39 Å². The molecule has 0 spiro atoms. The maximum absolute atomic E-state index is 12.7. The molecule has 0 unspecified atom stereocenters. The second-order valence-electron chi connectivity index (χ2n) is 2.83. The van der Waals surface area contributed by atoms with Crippen molar-refractivity contribution in [3.63, 3.8) is 0 Å². The van der Waals surface area contributed by atoms with Crippen LogP contribution in [0.1, 0.15) is 5.56 Å². The van der Waals surface area contributed by atoms with Gasteiger partial charge in [-0.15, -0.1) is 0 Å².